The molecule has 0 atom stereocenters. The lowest BCUT2D eigenvalue weighted by Crippen LogP contribution is -2.29. The summed E-state index contributed by atoms with van der Waals surface area (Å²) < 4.78 is 12.9. The smallest absolute Gasteiger partial charge is 0.322 e. The van der Waals surface area contributed by atoms with Crippen molar-refractivity contribution < 1.29 is 19.1 Å². The third kappa shape index (κ3) is 2.92. The zero-order chi connectivity index (χ0) is 11.4. The predicted octanol–water partition coefficient (Wildman–Crippen LogP) is 1.29. The predicted molar refractivity (Wildman–Crippen MR) is 51.4 cm³/mol. The molecule has 0 saturated heterocycles. The number of carbonyl (C=O) groups excluding carboxylic acids is 1. The van der Waals surface area contributed by atoms with Crippen LogP contribution < -0.4 is 5.32 Å². The quantitative estimate of drug-likeness (QED) is 0.824. The minimum absolute atomic E-state index is 0.0853. The SMILES string of the molecule is O=C(O)CNC(=O)c1cccc(F)c1Cl. The summed E-state index contributed by atoms with van der Waals surface area (Å²) in [6, 6.07) is 3.73. The van der Waals surface area contributed by atoms with Crippen LogP contribution in [-0.4, -0.2) is 23.5 Å². The summed E-state index contributed by atoms with van der Waals surface area (Å²) in [4.78, 5) is 21.5. The maximum atomic E-state index is 12.9. The summed E-state index contributed by atoms with van der Waals surface area (Å²) in [6.45, 7) is -0.536. The average Bonchev–Trinajstić information content (AvgIpc) is 2.18. The van der Waals surface area contributed by atoms with E-state index in [-0.39, 0.29) is 10.6 Å². The molecule has 0 aliphatic rings. The number of nitrogens with one attached hydrogen (secondary N) is 1. The van der Waals surface area contributed by atoms with Crippen molar-refractivity contribution in [2.75, 3.05) is 6.54 Å². The summed E-state index contributed by atoms with van der Waals surface area (Å²) in [5, 5.41) is 10.1. The Balaban J connectivity index is 2.82. The maximum Gasteiger partial charge on any atom is 0.322 e. The molecule has 0 saturated carbocycles. The van der Waals surface area contributed by atoms with Crippen molar-refractivity contribution in [3.8, 4) is 0 Å². The van der Waals surface area contributed by atoms with Gasteiger partial charge in [-0.15, -0.1) is 0 Å². The van der Waals surface area contributed by atoms with Gasteiger partial charge in [0.1, 0.15) is 12.4 Å². The van der Waals surface area contributed by atoms with Gasteiger partial charge in [0.25, 0.3) is 5.91 Å². The Hall–Kier alpha value is -1.62. The third-order valence-corrected chi connectivity index (χ3v) is 1.98. The van der Waals surface area contributed by atoms with Gasteiger partial charge in [0.05, 0.1) is 10.6 Å². The van der Waals surface area contributed by atoms with Crippen LogP contribution in [0.3, 0.4) is 0 Å². The lowest BCUT2D eigenvalue weighted by Gasteiger charge is -2.04. The van der Waals surface area contributed by atoms with Crippen LogP contribution in [0.25, 0.3) is 0 Å². The Morgan fingerprint density at radius 3 is 2.73 bits per heavy atom. The van der Waals surface area contributed by atoms with Gasteiger partial charge in [0.2, 0.25) is 0 Å². The number of amides is 1. The van der Waals surface area contributed by atoms with Crippen molar-refractivity contribution >= 4 is 23.5 Å². The second-order valence-electron chi connectivity index (χ2n) is 2.68. The molecule has 1 rings (SSSR count). The van der Waals surface area contributed by atoms with Crippen molar-refractivity contribution in [1.82, 2.24) is 5.32 Å². The number of carboxylic acids is 1. The number of rotatable bonds is 3. The lowest BCUT2D eigenvalue weighted by atomic mass is 10.2. The average molecular weight is 232 g/mol. The molecule has 2 N–H and O–H groups in total. The fourth-order valence-electron chi connectivity index (χ4n) is 0.930. The van der Waals surface area contributed by atoms with Crippen LogP contribution in [0.2, 0.25) is 5.02 Å². The van der Waals surface area contributed by atoms with Crippen LogP contribution in [0.15, 0.2) is 18.2 Å². The van der Waals surface area contributed by atoms with Crippen LogP contribution in [0.4, 0.5) is 4.39 Å². The monoisotopic (exact) mass is 231 g/mol. The van der Waals surface area contributed by atoms with E-state index in [0.29, 0.717) is 0 Å². The molecule has 4 nitrogen and oxygen atoms in total. The van der Waals surface area contributed by atoms with Gasteiger partial charge in [-0.2, -0.15) is 0 Å². The van der Waals surface area contributed by atoms with E-state index >= 15 is 0 Å². The molecule has 0 spiro atoms. The molecule has 6 heteroatoms. The van der Waals surface area contributed by atoms with Gasteiger partial charge in [-0.05, 0) is 12.1 Å². The van der Waals surface area contributed by atoms with Gasteiger partial charge in [-0.1, -0.05) is 17.7 Å². The van der Waals surface area contributed by atoms with Gasteiger partial charge >= 0.3 is 5.97 Å². The Kier molecular flexibility index (Phi) is 3.62. The molecule has 0 unspecified atom stereocenters. The molecule has 0 heterocycles. The highest BCUT2D eigenvalue weighted by molar-refractivity contribution is 6.34. The van der Waals surface area contributed by atoms with E-state index in [1.807, 2.05) is 0 Å². The Bertz CT molecular complexity index is 408. The number of carbonyl (C=O) groups is 2. The summed E-state index contributed by atoms with van der Waals surface area (Å²) in [5.74, 6) is -2.63. The highest BCUT2D eigenvalue weighted by Gasteiger charge is 2.13. The molecular formula is C9H7ClFNO3. The summed E-state index contributed by atoms with van der Waals surface area (Å²) >= 11 is 5.52. The molecule has 80 valence electrons. The van der Waals surface area contributed by atoms with E-state index in [4.69, 9.17) is 16.7 Å². The van der Waals surface area contributed by atoms with Gasteiger partial charge in [-0.25, -0.2) is 4.39 Å². The van der Waals surface area contributed by atoms with Crippen molar-refractivity contribution in [1.29, 1.82) is 0 Å². The summed E-state index contributed by atoms with van der Waals surface area (Å²) in [7, 11) is 0. The highest BCUT2D eigenvalue weighted by atomic mass is 35.5. The fraction of sp³-hybridized carbons (Fsp3) is 0.111. The van der Waals surface area contributed by atoms with E-state index in [1.165, 1.54) is 12.1 Å². The number of benzene rings is 1. The van der Waals surface area contributed by atoms with Gasteiger partial charge in [-0.3, -0.25) is 9.59 Å². The molecule has 0 fully saturated rings. The number of carboxylic acid groups (broad SMARTS) is 1. The topological polar surface area (TPSA) is 66.4 Å². The van der Waals surface area contributed by atoms with Gasteiger partial charge in [0.15, 0.2) is 0 Å². The van der Waals surface area contributed by atoms with Gasteiger partial charge in [0, 0.05) is 0 Å². The van der Waals surface area contributed by atoms with E-state index in [2.05, 4.69) is 5.32 Å². The number of halogens is 2. The molecule has 0 aliphatic carbocycles. The van der Waals surface area contributed by atoms with Crippen molar-refractivity contribution in [3.05, 3.63) is 34.6 Å². The lowest BCUT2D eigenvalue weighted by molar-refractivity contribution is -0.135. The molecule has 0 aliphatic heterocycles. The largest absolute Gasteiger partial charge is 0.480 e. The molecule has 0 radical (unpaired) electrons. The second-order valence-corrected chi connectivity index (χ2v) is 3.06. The van der Waals surface area contributed by atoms with E-state index in [1.54, 1.807) is 0 Å². The summed E-state index contributed by atoms with van der Waals surface area (Å²) in [6.07, 6.45) is 0. The number of hydrogen-bond donors (Lipinski definition) is 2. The van der Waals surface area contributed by atoms with Crippen molar-refractivity contribution in [2.24, 2.45) is 0 Å². The van der Waals surface area contributed by atoms with Gasteiger partial charge < -0.3 is 10.4 Å². The zero-order valence-corrected chi connectivity index (χ0v) is 8.21. The number of hydrogen-bond acceptors (Lipinski definition) is 2. The molecule has 0 bridgehead atoms. The fourth-order valence-corrected chi connectivity index (χ4v) is 1.14. The standard InChI is InChI=1S/C9H7ClFNO3/c10-8-5(2-1-3-6(8)11)9(15)12-4-7(13)14/h1-3H,4H2,(H,12,15)(H,13,14). The number of aliphatic carboxylic acids is 1. The minimum Gasteiger partial charge on any atom is -0.480 e. The first-order valence-corrected chi connectivity index (χ1v) is 4.34. The van der Waals surface area contributed by atoms with Crippen LogP contribution in [-0.2, 0) is 4.79 Å². The van der Waals surface area contributed by atoms with E-state index in [0.717, 1.165) is 6.07 Å². The Labute approximate surface area is 89.7 Å². The highest BCUT2D eigenvalue weighted by Crippen LogP contribution is 2.19. The van der Waals surface area contributed by atoms with E-state index in [9.17, 15) is 14.0 Å². The maximum absolute atomic E-state index is 12.9. The third-order valence-electron chi connectivity index (χ3n) is 1.60. The first-order chi connectivity index (χ1) is 7.02. The first-order valence-electron chi connectivity index (χ1n) is 3.96. The Morgan fingerprint density at radius 2 is 2.13 bits per heavy atom. The molecule has 15 heavy (non-hydrogen) atoms. The van der Waals surface area contributed by atoms with Crippen LogP contribution >= 0.6 is 11.6 Å². The zero-order valence-electron chi connectivity index (χ0n) is 7.46. The molecule has 1 aromatic carbocycles. The summed E-state index contributed by atoms with van der Waals surface area (Å²) in [5.41, 5.74) is -0.0853. The van der Waals surface area contributed by atoms with Crippen LogP contribution in [0.5, 0.6) is 0 Å². The van der Waals surface area contributed by atoms with Crippen LogP contribution in [0.1, 0.15) is 10.4 Å². The Morgan fingerprint density at radius 1 is 1.47 bits per heavy atom. The minimum atomic E-state index is -1.18. The normalized spacial score (nSPS) is 9.73. The molecular weight excluding hydrogens is 225 g/mol. The molecule has 1 aromatic rings. The van der Waals surface area contributed by atoms with E-state index < -0.39 is 24.2 Å². The molecule has 1 amide bonds. The van der Waals surface area contributed by atoms with Crippen molar-refractivity contribution in [2.45, 2.75) is 0 Å². The first kappa shape index (κ1) is 11.5. The second kappa shape index (κ2) is 4.75. The van der Waals surface area contributed by atoms with Crippen LogP contribution in [0, 0.1) is 5.82 Å². The van der Waals surface area contributed by atoms with Crippen molar-refractivity contribution in [3.63, 3.8) is 0 Å². The molecule has 0 aromatic heterocycles.